The van der Waals surface area contributed by atoms with Gasteiger partial charge in [0, 0.05) is 5.56 Å². The molecule has 0 unspecified atom stereocenters. The van der Waals surface area contributed by atoms with Crippen LogP contribution in [0.15, 0.2) is 31.5 Å². The van der Waals surface area contributed by atoms with Gasteiger partial charge in [-0.25, -0.2) is 0 Å². The normalized spacial score (nSPS) is 8.64. The second kappa shape index (κ2) is 9.82. The molecule has 2 rings (SSSR count). The van der Waals surface area contributed by atoms with E-state index >= 15 is 0 Å². The molecule has 6 heteroatoms. The Hall–Kier alpha value is -3.02. The zero-order valence-corrected chi connectivity index (χ0v) is 12.8. The van der Waals surface area contributed by atoms with Crippen LogP contribution in [0, 0.1) is 0 Å². The lowest BCUT2D eigenvalue weighted by atomic mass is 10.0. The van der Waals surface area contributed by atoms with Crippen molar-refractivity contribution in [2.45, 2.75) is 13.8 Å². The maximum Gasteiger partial charge on any atom is 0.153 e. The number of hydrogen-bond donors (Lipinski definition) is 4. The Balaban J connectivity index is 0.000000457. The molecule has 0 bridgehead atoms. The molecule has 0 atom stereocenters. The molecule has 0 saturated heterocycles. The number of aromatic nitrogens is 2. The minimum absolute atomic E-state index is 0.152. The molecule has 1 heterocycles. The quantitative estimate of drug-likeness (QED) is 0.395. The van der Waals surface area contributed by atoms with Crippen LogP contribution in [0.1, 0.15) is 35.3 Å². The summed E-state index contributed by atoms with van der Waals surface area (Å²) in [5, 5.41) is 15.6. The number of hydrogen-bond acceptors (Lipinski definition) is 5. The van der Waals surface area contributed by atoms with Crippen molar-refractivity contribution in [2.24, 2.45) is 0 Å². The van der Waals surface area contributed by atoms with Gasteiger partial charge in [-0.1, -0.05) is 39.2 Å². The second-order valence-electron chi connectivity index (χ2n) is 3.77. The Kier molecular flexibility index (Phi) is 8.47. The minimum atomic E-state index is -0.208. The van der Waals surface area contributed by atoms with E-state index in [1.54, 1.807) is 18.3 Å². The second-order valence-corrected chi connectivity index (χ2v) is 3.77. The van der Waals surface area contributed by atoms with Gasteiger partial charge in [0.15, 0.2) is 6.29 Å². The van der Waals surface area contributed by atoms with E-state index in [0.29, 0.717) is 23.2 Å². The lowest BCUT2D eigenvalue weighted by Crippen LogP contribution is -1.96. The van der Waals surface area contributed by atoms with Crippen LogP contribution >= 0.6 is 0 Å². The molecule has 6 nitrogen and oxygen atoms in total. The summed E-state index contributed by atoms with van der Waals surface area (Å²) >= 11 is 0. The van der Waals surface area contributed by atoms with Crippen molar-refractivity contribution in [1.29, 1.82) is 0 Å². The maximum absolute atomic E-state index is 10.6. The number of H-pyrrole nitrogens is 1. The first kappa shape index (κ1) is 19.0. The molecular formula is C16H22N4O2. The van der Waals surface area contributed by atoms with Gasteiger partial charge in [-0.2, -0.15) is 5.10 Å². The molecule has 1 aromatic heterocycles. The van der Waals surface area contributed by atoms with Gasteiger partial charge in [0.05, 0.1) is 17.4 Å². The lowest BCUT2D eigenvalue weighted by molar-refractivity contribution is 0.112. The molecule has 118 valence electrons. The molecule has 0 radical (unpaired) electrons. The van der Waals surface area contributed by atoms with E-state index in [2.05, 4.69) is 23.4 Å². The SMILES string of the molecule is C=Cc1cc(C=O)c(O)c(N)c1C=C.CC.Nc1ccn[nH]1. The molecule has 0 aliphatic carbocycles. The van der Waals surface area contributed by atoms with Crippen molar-refractivity contribution in [1.82, 2.24) is 10.2 Å². The smallest absolute Gasteiger partial charge is 0.153 e. The zero-order chi connectivity index (χ0) is 17.1. The summed E-state index contributed by atoms with van der Waals surface area (Å²) in [5.41, 5.74) is 12.3. The van der Waals surface area contributed by atoms with E-state index in [1.165, 1.54) is 12.1 Å². The fraction of sp³-hybridized carbons (Fsp3) is 0.125. The van der Waals surface area contributed by atoms with Gasteiger partial charge >= 0.3 is 0 Å². The van der Waals surface area contributed by atoms with Crippen LogP contribution in [0.3, 0.4) is 0 Å². The van der Waals surface area contributed by atoms with E-state index in [-0.39, 0.29) is 17.0 Å². The number of aldehydes is 1. The summed E-state index contributed by atoms with van der Waals surface area (Å²) in [6, 6.07) is 3.21. The topological polar surface area (TPSA) is 118 Å². The predicted octanol–water partition coefficient (Wildman–Crippen LogP) is 3.09. The summed E-state index contributed by atoms with van der Waals surface area (Å²) in [5.74, 6) is 0.399. The Labute approximate surface area is 130 Å². The van der Waals surface area contributed by atoms with Gasteiger partial charge in [-0.3, -0.25) is 9.89 Å². The molecule has 2 aromatic rings. The number of aromatic amines is 1. The van der Waals surface area contributed by atoms with Gasteiger partial charge in [0.1, 0.15) is 11.6 Å². The molecular weight excluding hydrogens is 280 g/mol. The monoisotopic (exact) mass is 302 g/mol. The average molecular weight is 302 g/mol. The van der Waals surface area contributed by atoms with E-state index in [4.69, 9.17) is 11.5 Å². The molecule has 22 heavy (non-hydrogen) atoms. The number of anilines is 2. The number of nitrogens with two attached hydrogens (primary N) is 2. The lowest BCUT2D eigenvalue weighted by Gasteiger charge is -2.09. The van der Waals surface area contributed by atoms with Crippen molar-refractivity contribution in [3.8, 4) is 5.75 Å². The molecule has 0 aliphatic heterocycles. The van der Waals surface area contributed by atoms with Crippen LogP contribution in [0.2, 0.25) is 0 Å². The van der Waals surface area contributed by atoms with Crippen molar-refractivity contribution in [2.75, 3.05) is 11.5 Å². The van der Waals surface area contributed by atoms with Crippen LogP contribution in [-0.4, -0.2) is 21.6 Å². The molecule has 0 fully saturated rings. The summed E-state index contributed by atoms with van der Waals surface area (Å²) in [6.07, 6.45) is 5.22. The molecule has 6 N–H and O–H groups in total. The molecule has 0 spiro atoms. The predicted molar refractivity (Wildman–Crippen MR) is 92.4 cm³/mol. The first-order valence-corrected chi connectivity index (χ1v) is 6.65. The highest BCUT2D eigenvalue weighted by Crippen LogP contribution is 2.31. The fourth-order valence-corrected chi connectivity index (χ4v) is 1.51. The number of nitrogens with zero attached hydrogens (tertiary/aromatic N) is 1. The van der Waals surface area contributed by atoms with E-state index in [1.807, 2.05) is 13.8 Å². The number of phenols is 1. The first-order chi connectivity index (χ1) is 10.5. The van der Waals surface area contributed by atoms with Crippen LogP contribution in [0.25, 0.3) is 12.2 Å². The summed E-state index contributed by atoms with van der Waals surface area (Å²) in [6.45, 7) is 11.2. The van der Waals surface area contributed by atoms with Gasteiger partial charge in [-0.15, -0.1) is 0 Å². The third-order valence-corrected chi connectivity index (χ3v) is 2.51. The molecule has 0 saturated carbocycles. The first-order valence-electron chi connectivity index (χ1n) is 6.65. The Morgan fingerprint density at radius 3 is 2.18 bits per heavy atom. The largest absolute Gasteiger partial charge is 0.505 e. The maximum atomic E-state index is 10.6. The zero-order valence-electron chi connectivity index (χ0n) is 12.8. The third kappa shape index (κ3) is 4.82. The summed E-state index contributed by atoms with van der Waals surface area (Å²) < 4.78 is 0. The third-order valence-electron chi connectivity index (χ3n) is 2.51. The van der Waals surface area contributed by atoms with Crippen LogP contribution in [0.5, 0.6) is 5.75 Å². The van der Waals surface area contributed by atoms with Crippen molar-refractivity contribution >= 4 is 29.9 Å². The van der Waals surface area contributed by atoms with Gasteiger partial charge in [0.25, 0.3) is 0 Å². The standard InChI is InChI=1S/C11H11NO2.C3H5N3.C2H6/c1-3-7-5-8(6-13)11(14)10(12)9(7)4-2;4-3-1-2-5-6-3;1-2/h3-6,14H,1-2,12H2;1-2H,(H3,4,5,6);1-2H3. The Bertz CT molecular complexity index is 620. The number of nitrogens with one attached hydrogen (secondary N) is 1. The van der Waals surface area contributed by atoms with E-state index in [0.717, 1.165) is 0 Å². The highest BCUT2D eigenvalue weighted by Gasteiger charge is 2.10. The molecule has 0 aliphatic rings. The van der Waals surface area contributed by atoms with E-state index in [9.17, 15) is 9.90 Å². The fourth-order valence-electron chi connectivity index (χ4n) is 1.51. The van der Waals surface area contributed by atoms with Crippen molar-refractivity contribution in [3.63, 3.8) is 0 Å². The van der Waals surface area contributed by atoms with E-state index < -0.39 is 0 Å². The van der Waals surface area contributed by atoms with Gasteiger partial charge in [-0.05, 0) is 17.7 Å². The van der Waals surface area contributed by atoms with Gasteiger partial charge in [0.2, 0.25) is 0 Å². The summed E-state index contributed by atoms with van der Waals surface area (Å²) in [7, 11) is 0. The van der Waals surface area contributed by atoms with Crippen LogP contribution < -0.4 is 11.5 Å². The highest BCUT2D eigenvalue weighted by atomic mass is 16.3. The van der Waals surface area contributed by atoms with Crippen molar-refractivity contribution < 1.29 is 9.90 Å². The van der Waals surface area contributed by atoms with Crippen LogP contribution in [-0.2, 0) is 0 Å². The van der Waals surface area contributed by atoms with Gasteiger partial charge < -0.3 is 16.6 Å². The number of rotatable bonds is 3. The minimum Gasteiger partial charge on any atom is -0.505 e. The summed E-state index contributed by atoms with van der Waals surface area (Å²) in [4.78, 5) is 10.6. The van der Waals surface area contributed by atoms with Crippen molar-refractivity contribution in [3.05, 3.63) is 48.2 Å². The Morgan fingerprint density at radius 1 is 1.23 bits per heavy atom. The number of phenolic OH excluding ortho intramolecular Hbond substituents is 1. The number of carbonyl (C=O) groups excluding carboxylic acids is 1. The molecule has 1 aromatic carbocycles. The average Bonchev–Trinajstić information content (AvgIpc) is 3.03. The number of benzene rings is 1. The number of aromatic hydroxyl groups is 1. The number of carbonyl (C=O) groups is 1. The van der Waals surface area contributed by atoms with Crippen LogP contribution in [0.4, 0.5) is 11.5 Å². The highest BCUT2D eigenvalue weighted by molar-refractivity contribution is 5.89. The number of nitrogen functional groups attached to an aromatic ring is 2. The molecule has 0 amide bonds. The Morgan fingerprint density at radius 2 is 1.86 bits per heavy atom.